The molecule has 7 nitrogen and oxygen atoms in total. The number of guanidine groups is 1. The highest BCUT2D eigenvalue weighted by Gasteiger charge is 2.02. The Labute approximate surface area is 134 Å². The van der Waals surface area contributed by atoms with Gasteiger partial charge in [-0.1, -0.05) is 30.3 Å². The summed E-state index contributed by atoms with van der Waals surface area (Å²) in [5.74, 6) is 0.0368. The largest absolute Gasteiger partial charge is 0.375 e. The minimum absolute atomic E-state index is 0.0368. The number of rotatable bonds is 6. The molecule has 0 unspecified atom stereocenters. The number of anilines is 1. The van der Waals surface area contributed by atoms with Crippen LogP contribution in [0.4, 0.5) is 10.5 Å². The quantitative estimate of drug-likeness (QED) is 0.429. The molecule has 0 saturated heterocycles. The van der Waals surface area contributed by atoms with Gasteiger partial charge >= 0.3 is 6.03 Å². The number of carbonyl (C=O) groups is 1. The van der Waals surface area contributed by atoms with E-state index in [0.717, 1.165) is 5.56 Å². The minimum Gasteiger partial charge on any atom is -0.375 e. The fourth-order valence-electron chi connectivity index (χ4n) is 1.75. The molecule has 0 aliphatic heterocycles. The maximum absolute atomic E-state index is 11.7. The van der Waals surface area contributed by atoms with Crippen molar-refractivity contribution in [1.29, 1.82) is 0 Å². The number of carbonyl (C=O) groups excluding carboxylic acids is 1. The van der Waals surface area contributed by atoms with Crippen LogP contribution in [-0.4, -0.2) is 30.1 Å². The van der Waals surface area contributed by atoms with Crippen LogP contribution in [-0.2, 0) is 11.3 Å². The molecule has 1 aromatic carbocycles. The first-order chi connectivity index (χ1) is 11.2. The summed E-state index contributed by atoms with van der Waals surface area (Å²) in [5.41, 5.74) is 7.30. The highest BCUT2D eigenvalue weighted by molar-refractivity contribution is 6.01. The van der Waals surface area contributed by atoms with Crippen molar-refractivity contribution in [1.82, 2.24) is 10.3 Å². The van der Waals surface area contributed by atoms with E-state index in [-0.39, 0.29) is 5.96 Å². The van der Waals surface area contributed by atoms with Gasteiger partial charge in [0.25, 0.3) is 0 Å². The highest BCUT2D eigenvalue weighted by Crippen LogP contribution is 2.01. The summed E-state index contributed by atoms with van der Waals surface area (Å²) in [7, 11) is 0. The number of hydrogen-bond acceptors (Lipinski definition) is 4. The fraction of sp³-hybridized carbons (Fsp3) is 0.188. The van der Waals surface area contributed by atoms with Gasteiger partial charge in [0.15, 0.2) is 5.96 Å². The van der Waals surface area contributed by atoms with E-state index in [1.807, 2.05) is 30.3 Å². The summed E-state index contributed by atoms with van der Waals surface area (Å²) in [4.78, 5) is 19.6. The zero-order valence-electron chi connectivity index (χ0n) is 12.6. The van der Waals surface area contributed by atoms with Gasteiger partial charge in [-0.25, -0.2) is 4.79 Å². The van der Waals surface area contributed by atoms with Crippen molar-refractivity contribution >= 4 is 17.7 Å². The average Bonchev–Trinajstić information content (AvgIpc) is 2.56. The van der Waals surface area contributed by atoms with Crippen LogP contribution in [0.2, 0.25) is 0 Å². The number of benzene rings is 1. The summed E-state index contributed by atoms with van der Waals surface area (Å²) in [6, 6.07) is 12.8. The van der Waals surface area contributed by atoms with Gasteiger partial charge in [-0.05, 0) is 17.7 Å². The second-order valence-corrected chi connectivity index (χ2v) is 4.63. The van der Waals surface area contributed by atoms with Gasteiger partial charge in [-0.3, -0.25) is 15.3 Å². The molecule has 0 aliphatic rings. The van der Waals surface area contributed by atoms with Crippen molar-refractivity contribution in [2.75, 3.05) is 18.5 Å². The summed E-state index contributed by atoms with van der Waals surface area (Å²) in [6.07, 6.45) is 3.15. The second-order valence-electron chi connectivity index (χ2n) is 4.63. The molecule has 0 fully saturated rings. The number of nitrogens with zero attached hydrogens (tertiary/aromatic N) is 2. The molecule has 2 rings (SSSR count). The van der Waals surface area contributed by atoms with Crippen LogP contribution in [0.1, 0.15) is 5.56 Å². The van der Waals surface area contributed by atoms with E-state index in [2.05, 4.69) is 20.6 Å². The fourth-order valence-corrected chi connectivity index (χ4v) is 1.75. The summed E-state index contributed by atoms with van der Waals surface area (Å²) in [6.45, 7) is 1.30. The van der Waals surface area contributed by atoms with Gasteiger partial charge in [0, 0.05) is 6.20 Å². The third-order valence-corrected chi connectivity index (χ3v) is 2.79. The molecule has 7 heteroatoms. The first-order valence-electron chi connectivity index (χ1n) is 7.13. The predicted molar refractivity (Wildman–Crippen MR) is 89.0 cm³/mol. The minimum atomic E-state index is -0.468. The van der Waals surface area contributed by atoms with E-state index in [4.69, 9.17) is 10.5 Å². The van der Waals surface area contributed by atoms with E-state index in [9.17, 15) is 4.79 Å². The molecule has 4 N–H and O–H groups in total. The van der Waals surface area contributed by atoms with Crippen LogP contribution in [0.15, 0.2) is 59.9 Å². The van der Waals surface area contributed by atoms with E-state index in [1.54, 1.807) is 18.3 Å². The molecule has 1 heterocycles. The smallest absolute Gasteiger partial charge is 0.326 e. The Kier molecular flexibility index (Phi) is 6.55. The lowest BCUT2D eigenvalue weighted by molar-refractivity contribution is 0.128. The standard InChI is InChI=1S/C16H19N5O2/c17-15(21-16(22)20-14-7-4-8-18-11-14)19-9-10-23-12-13-5-2-1-3-6-13/h1-8,11H,9-10,12H2,(H4,17,19,20,21,22). The Morgan fingerprint density at radius 1 is 1.22 bits per heavy atom. The van der Waals surface area contributed by atoms with Crippen molar-refractivity contribution in [3.8, 4) is 0 Å². The molecule has 0 aliphatic carbocycles. The molecule has 0 saturated carbocycles. The molecular weight excluding hydrogens is 294 g/mol. The zero-order chi connectivity index (χ0) is 16.3. The number of aliphatic imine (C=N–C) groups is 1. The van der Waals surface area contributed by atoms with E-state index in [1.165, 1.54) is 6.20 Å². The lowest BCUT2D eigenvalue weighted by Gasteiger charge is -2.07. The maximum Gasteiger partial charge on any atom is 0.326 e. The Morgan fingerprint density at radius 2 is 2.04 bits per heavy atom. The van der Waals surface area contributed by atoms with Crippen LogP contribution < -0.4 is 16.4 Å². The van der Waals surface area contributed by atoms with Gasteiger partial charge in [0.05, 0.1) is 31.6 Å². The number of hydrogen-bond donors (Lipinski definition) is 3. The molecule has 0 radical (unpaired) electrons. The van der Waals surface area contributed by atoms with Gasteiger partial charge in [-0.2, -0.15) is 0 Å². The van der Waals surface area contributed by atoms with Gasteiger partial charge in [0.1, 0.15) is 0 Å². The van der Waals surface area contributed by atoms with Gasteiger partial charge in [-0.15, -0.1) is 0 Å². The molecule has 2 aromatic rings. The van der Waals surface area contributed by atoms with Crippen molar-refractivity contribution in [2.24, 2.45) is 10.7 Å². The lowest BCUT2D eigenvalue weighted by Crippen LogP contribution is -2.39. The summed E-state index contributed by atoms with van der Waals surface area (Å²) >= 11 is 0. The number of ether oxygens (including phenoxy) is 1. The third kappa shape index (κ3) is 6.58. The van der Waals surface area contributed by atoms with E-state index >= 15 is 0 Å². The van der Waals surface area contributed by atoms with Crippen LogP contribution in [0, 0.1) is 0 Å². The Balaban J connectivity index is 1.64. The highest BCUT2D eigenvalue weighted by atomic mass is 16.5. The molecule has 2 amide bonds. The van der Waals surface area contributed by atoms with Crippen LogP contribution >= 0.6 is 0 Å². The number of nitrogens with two attached hydrogens (primary N) is 1. The van der Waals surface area contributed by atoms with Crippen LogP contribution in [0.3, 0.4) is 0 Å². The predicted octanol–water partition coefficient (Wildman–Crippen LogP) is 1.73. The number of nitrogens with one attached hydrogen (secondary N) is 2. The SMILES string of the molecule is NC(=NCCOCc1ccccc1)NC(=O)Nc1cccnc1. The number of amides is 2. The number of pyridine rings is 1. The van der Waals surface area contributed by atoms with E-state index < -0.39 is 6.03 Å². The lowest BCUT2D eigenvalue weighted by atomic mass is 10.2. The van der Waals surface area contributed by atoms with Crippen LogP contribution in [0.5, 0.6) is 0 Å². The van der Waals surface area contributed by atoms with Crippen molar-refractivity contribution in [3.63, 3.8) is 0 Å². The first-order valence-corrected chi connectivity index (χ1v) is 7.13. The van der Waals surface area contributed by atoms with Crippen molar-refractivity contribution < 1.29 is 9.53 Å². The molecule has 23 heavy (non-hydrogen) atoms. The normalized spacial score (nSPS) is 11.0. The topological polar surface area (TPSA) is 102 Å². The van der Waals surface area contributed by atoms with Crippen molar-refractivity contribution in [3.05, 3.63) is 60.4 Å². The number of urea groups is 1. The first kappa shape index (κ1) is 16.4. The molecule has 0 bridgehead atoms. The van der Waals surface area contributed by atoms with Gasteiger partial charge < -0.3 is 15.8 Å². The molecule has 120 valence electrons. The summed E-state index contributed by atoms with van der Waals surface area (Å²) in [5, 5.41) is 5.02. The van der Waals surface area contributed by atoms with E-state index in [0.29, 0.717) is 25.4 Å². The number of aromatic nitrogens is 1. The molecule has 1 aromatic heterocycles. The maximum atomic E-state index is 11.7. The molecule has 0 spiro atoms. The average molecular weight is 313 g/mol. The monoisotopic (exact) mass is 313 g/mol. The Hall–Kier alpha value is -2.93. The van der Waals surface area contributed by atoms with Crippen LogP contribution in [0.25, 0.3) is 0 Å². The molecular formula is C16H19N5O2. The third-order valence-electron chi connectivity index (χ3n) is 2.79. The Morgan fingerprint density at radius 3 is 2.78 bits per heavy atom. The molecule has 0 atom stereocenters. The second kappa shape index (κ2) is 9.16. The Bertz CT molecular complexity index is 631. The van der Waals surface area contributed by atoms with Gasteiger partial charge in [0.2, 0.25) is 0 Å². The zero-order valence-corrected chi connectivity index (χ0v) is 12.6. The van der Waals surface area contributed by atoms with Crippen molar-refractivity contribution in [2.45, 2.75) is 6.61 Å². The summed E-state index contributed by atoms with van der Waals surface area (Å²) < 4.78 is 5.47.